The minimum atomic E-state index is -0.543. The maximum absolute atomic E-state index is 10.5. The summed E-state index contributed by atoms with van der Waals surface area (Å²) in [7, 11) is 0. The van der Waals surface area contributed by atoms with Gasteiger partial charge in [0.1, 0.15) is 0 Å². The maximum Gasteiger partial charge on any atom is 0.258 e. The predicted octanol–water partition coefficient (Wildman–Crippen LogP) is -0.214. The van der Waals surface area contributed by atoms with Crippen LogP contribution in [0.25, 0.3) is 0 Å². The van der Waals surface area contributed by atoms with E-state index in [0.29, 0.717) is 6.42 Å². The van der Waals surface area contributed by atoms with Crippen molar-refractivity contribution in [2.45, 2.75) is 19.4 Å². The van der Waals surface area contributed by atoms with E-state index in [4.69, 9.17) is 11.3 Å². The van der Waals surface area contributed by atoms with E-state index in [1.807, 2.05) is 5.43 Å². The van der Waals surface area contributed by atoms with Crippen LogP contribution in [0.1, 0.15) is 13.3 Å². The third-order valence-corrected chi connectivity index (χ3v) is 0.943. The number of carbonyl (C=O) groups is 1. The molecule has 0 aromatic carbocycles. The fourth-order valence-electron chi connectivity index (χ4n) is 0.323. The summed E-state index contributed by atoms with van der Waals surface area (Å²) < 4.78 is 0. The highest BCUT2D eigenvalue weighted by Crippen LogP contribution is 1.83. The van der Waals surface area contributed by atoms with Crippen LogP contribution in [-0.2, 0) is 4.79 Å². The molecule has 0 aliphatic carbocycles. The van der Waals surface area contributed by atoms with Crippen LogP contribution in [0.5, 0.6) is 0 Å². The average Bonchev–Trinajstić information content (AvgIpc) is 1.87. The second kappa shape index (κ2) is 3.96. The molecule has 0 rings (SSSR count). The summed E-state index contributed by atoms with van der Waals surface area (Å²) in [5, 5.41) is 2.68. The largest absolute Gasteiger partial charge is 0.320 e. The van der Waals surface area contributed by atoms with Gasteiger partial charge in [-0.15, -0.1) is 0 Å². The minimum Gasteiger partial charge on any atom is -0.320 e. The molecule has 0 unspecified atom stereocenters. The Labute approximate surface area is 53.1 Å². The molecule has 0 heterocycles. The number of hydrogen-bond acceptors (Lipinski definition) is 4. The second-order valence-corrected chi connectivity index (χ2v) is 1.60. The van der Waals surface area contributed by atoms with E-state index >= 15 is 0 Å². The first-order valence-electron chi connectivity index (χ1n) is 2.64. The topological polar surface area (TPSA) is 91.3 Å². The highest BCUT2D eigenvalue weighted by Gasteiger charge is 2.08. The van der Waals surface area contributed by atoms with Gasteiger partial charge in [0.15, 0.2) is 0 Å². The standard InChI is InChI=1S/C4H10N4O/c1-2-3(5)4(9)7-8-6/h3H,2,5H2,1H3,(H2,6,7,9)/t3-/m0/s1. The molecule has 0 radical (unpaired) electrons. The molecule has 52 valence electrons. The van der Waals surface area contributed by atoms with E-state index < -0.39 is 11.9 Å². The van der Waals surface area contributed by atoms with Crippen molar-refractivity contribution in [2.75, 3.05) is 0 Å². The van der Waals surface area contributed by atoms with Crippen LogP contribution in [0.15, 0.2) is 5.22 Å². The van der Waals surface area contributed by atoms with Gasteiger partial charge in [-0.1, -0.05) is 12.1 Å². The molecular weight excluding hydrogens is 120 g/mol. The van der Waals surface area contributed by atoms with Gasteiger partial charge in [0.2, 0.25) is 0 Å². The van der Waals surface area contributed by atoms with E-state index in [1.165, 1.54) is 0 Å². The molecule has 1 atom stereocenters. The van der Waals surface area contributed by atoms with Gasteiger partial charge < -0.3 is 5.73 Å². The number of nitrogens with zero attached hydrogens (tertiary/aromatic N) is 1. The highest BCUT2D eigenvalue weighted by atomic mass is 16.2. The predicted molar refractivity (Wildman–Crippen MR) is 31.6 cm³/mol. The summed E-state index contributed by atoms with van der Waals surface area (Å²) in [6.07, 6.45) is 0.557. The average molecular weight is 130 g/mol. The third kappa shape index (κ3) is 2.76. The van der Waals surface area contributed by atoms with Gasteiger partial charge in [-0.25, -0.2) is 5.43 Å². The van der Waals surface area contributed by atoms with Gasteiger partial charge in [-0.2, -0.15) is 5.53 Å². The fraction of sp³-hybridized carbons (Fsp3) is 0.750. The Morgan fingerprint density at radius 2 is 2.56 bits per heavy atom. The molecule has 0 fully saturated rings. The van der Waals surface area contributed by atoms with E-state index in [1.54, 1.807) is 6.92 Å². The fourth-order valence-corrected chi connectivity index (χ4v) is 0.323. The van der Waals surface area contributed by atoms with Crippen molar-refractivity contribution < 1.29 is 4.79 Å². The summed E-state index contributed by atoms with van der Waals surface area (Å²) in [4.78, 5) is 10.5. The molecule has 0 aromatic heterocycles. The lowest BCUT2D eigenvalue weighted by Crippen LogP contribution is -2.37. The smallest absolute Gasteiger partial charge is 0.258 e. The van der Waals surface area contributed by atoms with Crippen molar-refractivity contribution >= 4 is 5.91 Å². The quantitative estimate of drug-likeness (QED) is 0.364. The Balaban J connectivity index is 3.58. The number of rotatable bonds is 3. The second-order valence-electron chi connectivity index (χ2n) is 1.60. The molecule has 0 aliphatic rings. The molecule has 5 nitrogen and oxygen atoms in total. The van der Waals surface area contributed by atoms with Crippen molar-refractivity contribution in [1.82, 2.24) is 5.43 Å². The molecule has 0 aromatic rings. The van der Waals surface area contributed by atoms with Crippen LogP contribution in [0.4, 0.5) is 0 Å². The summed E-state index contributed by atoms with van der Waals surface area (Å²) >= 11 is 0. The molecule has 5 heteroatoms. The maximum atomic E-state index is 10.5. The van der Waals surface area contributed by atoms with E-state index in [9.17, 15) is 4.79 Å². The van der Waals surface area contributed by atoms with Crippen LogP contribution in [0, 0.1) is 5.53 Å². The summed E-state index contributed by atoms with van der Waals surface area (Å²) in [6.45, 7) is 1.79. The van der Waals surface area contributed by atoms with Crippen LogP contribution < -0.4 is 11.2 Å². The van der Waals surface area contributed by atoms with Crippen molar-refractivity contribution in [2.24, 2.45) is 11.0 Å². The molecule has 4 N–H and O–H groups in total. The summed E-state index contributed by atoms with van der Waals surface area (Å²) in [5.41, 5.74) is 13.4. The first kappa shape index (κ1) is 8.03. The number of nitrogens with one attached hydrogen (secondary N) is 2. The van der Waals surface area contributed by atoms with Gasteiger partial charge in [-0.3, -0.25) is 4.79 Å². The van der Waals surface area contributed by atoms with Crippen molar-refractivity contribution in [1.29, 1.82) is 5.53 Å². The Hall–Kier alpha value is -0.970. The number of hydrogen-bond donors (Lipinski definition) is 3. The zero-order valence-corrected chi connectivity index (χ0v) is 5.22. The Bertz CT molecular complexity index is 113. The highest BCUT2D eigenvalue weighted by molar-refractivity contribution is 5.80. The molecule has 9 heavy (non-hydrogen) atoms. The molecule has 0 saturated carbocycles. The van der Waals surface area contributed by atoms with Crippen molar-refractivity contribution in [3.63, 3.8) is 0 Å². The normalized spacial score (nSPS) is 12.2. The van der Waals surface area contributed by atoms with Crippen molar-refractivity contribution in [3.05, 3.63) is 0 Å². The van der Waals surface area contributed by atoms with E-state index in [-0.39, 0.29) is 0 Å². The van der Waals surface area contributed by atoms with Crippen LogP contribution in [-0.4, -0.2) is 11.9 Å². The lowest BCUT2D eigenvalue weighted by atomic mass is 10.2. The van der Waals surface area contributed by atoms with E-state index in [2.05, 4.69) is 5.22 Å². The van der Waals surface area contributed by atoms with Crippen LogP contribution in [0.3, 0.4) is 0 Å². The minimum absolute atomic E-state index is 0.410. The summed E-state index contributed by atoms with van der Waals surface area (Å²) in [6, 6.07) is -0.543. The molecule has 0 aliphatic heterocycles. The zero-order chi connectivity index (χ0) is 7.28. The third-order valence-electron chi connectivity index (χ3n) is 0.943. The van der Waals surface area contributed by atoms with Crippen LogP contribution >= 0.6 is 0 Å². The van der Waals surface area contributed by atoms with Gasteiger partial charge in [0.05, 0.1) is 6.04 Å². The monoisotopic (exact) mass is 130 g/mol. The lowest BCUT2D eigenvalue weighted by Gasteiger charge is -2.03. The van der Waals surface area contributed by atoms with Gasteiger partial charge in [-0.05, 0) is 6.42 Å². The Kier molecular flexibility index (Phi) is 3.54. The molecule has 0 saturated heterocycles. The Morgan fingerprint density at radius 1 is 2.00 bits per heavy atom. The number of amides is 1. The summed E-state index contributed by atoms with van der Waals surface area (Å²) in [5.74, 6) is -0.410. The first-order valence-corrected chi connectivity index (χ1v) is 2.64. The lowest BCUT2D eigenvalue weighted by molar-refractivity contribution is -0.122. The van der Waals surface area contributed by atoms with Gasteiger partial charge in [0.25, 0.3) is 5.91 Å². The number of carbonyl (C=O) groups excluding carboxylic acids is 1. The van der Waals surface area contributed by atoms with Crippen LogP contribution in [0.2, 0.25) is 0 Å². The molecule has 1 amide bonds. The molecule has 0 spiro atoms. The first-order chi connectivity index (χ1) is 4.22. The Morgan fingerprint density at radius 3 is 2.89 bits per heavy atom. The zero-order valence-electron chi connectivity index (χ0n) is 5.22. The van der Waals surface area contributed by atoms with Gasteiger partial charge >= 0.3 is 0 Å². The van der Waals surface area contributed by atoms with E-state index in [0.717, 1.165) is 0 Å². The molecular formula is C4H10N4O. The van der Waals surface area contributed by atoms with Gasteiger partial charge in [0, 0.05) is 0 Å². The van der Waals surface area contributed by atoms with Crippen molar-refractivity contribution in [3.8, 4) is 0 Å². The number of nitrogens with two attached hydrogens (primary N) is 1. The molecule has 0 bridgehead atoms. The SMILES string of the molecule is CC[C@H](N)C(=O)NN=N.